The number of ether oxygens (including phenoxy) is 1. The molecule has 3 heteroatoms. The summed E-state index contributed by atoms with van der Waals surface area (Å²) >= 11 is 0. The van der Waals surface area contributed by atoms with Crippen LogP contribution in [0.5, 0.6) is 5.75 Å². The fraction of sp³-hybridized carbons (Fsp3) is 0.571. The number of rotatable bonds is 3. The highest BCUT2D eigenvalue weighted by Crippen LogP contribution is 2.33. The Morgan fingerprint density at radius 1 is 1.35 bits per heavy atom. The van der Waals surface area contributed by atoms with Gasteiger partial charge in [0, 0.05) is 25.2 Å². The molecule has 0 radical (unpaired) electrons. The second-order valence-corrected chi connectivity index (χ2v) is 5.10. The molecular formula is C14H19NO2. The van der Waals surface area contributed by atoms with Gasteiger partial charge in [-0.2, -0.15) is 0 Å². The van der Waals surface area contributed by atoms with Crippen molar-refractivity contribution in [3.63, 3.8) is 0 Å². The summed E-state index contributed by atoms with van der Waals surface area (Å²) in [7, 11) is 0. The molecule has 1 aliphatic heterocycles. The molecule has 1 aromatic carbocycles. The van der Waals surface area contributed by atoms with Crippen LogP contribution in [0, 0.1) is 5.92 Å². The van der Waals surface area contributed by atoms with E-state index in [1.807, 2.05) is 18.2 Å². The molecule has 0 bridgehead atoms. The van der Waals surface area contributed by atoms with Gasteiger partial charge in [0.15, 0.2) is 0 Å². The minimum atomic E-state index is -0.153. The topological polar surface area (TPSA) is 32.7 Å². The summed E-state index contributed by atoms with van der Waals surface area (Å²) in [6, 6.07) is 8.18. The van der Waals surface area contributed by atoms with E-state index in [-0.39, 0.29) is 6.10 Å². The van der Waals surface area contributed by atoms with Crippen molar-refractivity contribution in [3.05, 3.63) is 29.8 Å². The highest BCUT2D eigenvalue weighted by Gasteiger charge is 2.31. The summed E-state index contributed by atoms with van der Waals surface area (Å²) in [4.78, 5) is 2.30. The van der Waals surface area contributed by atoms with Crippen molar-refractivity contribution in [2.75, 3.05) is 19.7 Å². The number of hydrogen-bond acceptors (Lipinski definition) is 3. The molecule has 2 aliphatic rings. The Balaban J connectivity index is 1.67. The van der Waals surface area contributed by atoms with E-state index < -0.39 is 0 Å². The third-order valence-electron chi connectivity index (χ3n) is 3.64. The second-order valence-electron chi connectivity index (χ2n) is 5.10. The van der Waals surface area contributed by atoms with E-state index in [4.69, 9.17) is 4.74 Å². The maximum atomic E-state index is 10.00. The first-order valence-electron chi connectivity index (χ1n) is 6.44. The van der Waals surface area contributed by atoms with Gasteiger partial charge in [0.25, 0.3) is 0 Å². The van der Waals surface area contributed by atoms with Crippen LogP contribution in [-0.2, 0) is 6.54 Å². The number of fused-ring (bicyclic) bond motifs is 1. The third-order valence-corrected chi connectivity index (χ3v) is 3.64. The molecule has 3 nitrogen and oxygen atoms in total. The Bertz CT molecular complexity index is 390. The lowest BCUT2D eigenvalue weighted by Gasteiger charge is -2.22. The molecule has 92 valence electrons. The van der Waals surface area contributed by atoms with Crippen LogP contribution in [0.25, 0.3) is 0 Å². The molecular weight excluding hydrogens is 214 g/mol. The minimum absolute atomic E-state index is 0.153. The molecule has 1 aromatic rings. The summed E-state index contributed by atoms with van der Waals surface area (Å²) in [6.07, 6.45) is 2.24. The Morgan fingerprint density at radius 3 is 3.00 bits per heavy atom. The lowest BCUT2D eigenvalue weighted by molar-refractivity contribution is 0.0885. The number of aliphatic hydroxyl groups is 1. The Labute approximate surface area is 102 Å². The van der Waals surface area contributed by atoms with E-state index in [0.29, 0.717) is 12.5 Å². The average molecular weight is 233 g/mol. The van der Waals surface area contributed by atoms with Gasteiger partial charge >= 0.3 is 0 Å². The Morgan fingerprint density at radius 2 is 2.18 bits per heavy atom. The van der Waals surface area contributed by atoms with Crippen molar-refractivity contribution in [1.29, 1.82) is 0 Å². The molecule has 1 heterocycles. The second kappa shape index (κ2) is 4.67. The lowest BCUT2D eigenvalue weighted by atomic mass is 10.1. The zero-order valence-electron chi connectivity index (χ0n) is 10.0. The minimum Gasteiger partial charge on any atom is -0.492 e. The van der Waals surface area contributed by atoms with Crippen molar-refractivity contribution in [1.82, 2.24) is 4.90 Å². The molecule has 0 spiro atoms. The maximum absolute atomic E-state index is 10.00. The fourth-order valence-electron chi connectivity index (χ4n) is 2.43. The standard InChI is InChI=1S/C14H19NO2/c16-13(11-5-6-11)10-15-7-8-17-14-4-2-1-3-12(14)9-15/h1-4,11,13,16H,5-10H2. The highest BCUT2D eigenvalue weighted by molar-refractivity contribution is 5.33. The smallest absolute Gasteiger partial charge is 0.123 e. The predicted octanol–water partition coefficient (Wildman–Crippen LogP) is 1.65. The van der Waals surface area contributed by atoms with E-state index in [0.717, 1.165) is 25.4 Å². The number of aliphatic hydroxyl groups excluding tert-OH is 1. The van der Waals surface area contributed by atoms with Crippen molar-refractivity contribution < 1.29 is 9.84 Å². The molecule has 1 atom stereocenters. The molecule has 3 rings (SSSR count). The van der Waals surface area contributed by atoms with Crippen molar-refractivity contribution >= 4 is 0 Å². The summed E-state index contributed by atoms with van der Waals surface area (Å²) < 4.78 is 5.71. The molecule has 1 fully saturated rings. The monoisotopic (exact) mass is 233 g/mol. The van der Waals surface area contributed by atoms with E-state index in [1.54, 1.807) is 0 Å². The van der Waals surface area contributed by atoms with Crippen LogP contribution >= 0.6 is 0 Å². The van der Waals surface area contributed by atoms with E-state index in [1.165, 1.54) is 18.4 Å². The first-order valence-corrected chi connectivity index (χ1v) is 6.44. The SMILES string of the molecule is OC(CN1CCOc2ccccc2C1)C1CC1. The zero-order chi connectivity index (χ0) is 11.7. The first-order chi connectivity index (χ1) is 8.33. The van der Waals surface area contributed by atoms with Gasteiger partial charge in [-0.1, -0.05) is 18.2 Å². The molecule has 0 saturated heterocycles. The number of nitrogens with zero attached hydrogens (tertiary/aromatic N) is 1. The van der Waals surface area contributed by atoms with Crippen LogP contribution in [0.1, 0.15) is 18.4 Å². The first kappa shape index (κ1) is 11.1. The molecule has 1 N–H and O–H groups in total. The van der Waals surface area contributed by atoms with Gasteiger partial charge in [0.2, 0.25) is 0 Å². The van der Waals surface area contributed by atoms with Gasteiger partial charge < -0.3 is 9.84 Å². The quantitative estimate of drug-likeness (QED) is 0.861. The fourth-order valence-corrected chi connectivity index (χ4v) is 2.43. The van der Waals surface area contributed by atoms with Crippen molar-refractivity contribution in [3.8, 4) is 5.75 Å². The Hall–Kier alpha value is -1.06. The van der Waals surface area contributed by atoms with E-state index in [9.17, 15) is 5.11 Å². The molecule has 0 amide bonds. The van der Waals surface area contributed by atoms with Crippen LogP contribution in [0.4, 0.5) is 0 Å². The molecule has 1 unspecified atom stereocenters. The summed E-state index contributed by atoms with van der Waals surface area (Å²) in [5.74, 6) is 1.55. The molecule has 0 aromatic heterocycles. The van der Waals surface area contributed by atoms with Gasteiger partial charge in [-0.05, 0) is 24.8 Å². The van der Waals surface area contributed by atoms with Gasteiger partial charge in [0.05, 0.1) is 6.10 Å². The number of β-amino-alcohol motifs (C(OH)–C–C–N with tert-alkyl or cyclic N) is 1. The van der Waals surface area contributed by atoms with Crippen molar-refractivity contribution in [2.24, 2.45) is 5.92 Å². The highest BCUT2D eigenvalue weighted by atomic mass is 16.5. The van der Waals surface area contributed by atoms with Crippen LogP contribution in [0.3, 0.4) is 0 Å². The normalized spacial score (nSPS) is 22.4. The largest absolute Gasteiger partial charge is 0.492 e. The van der Waals surface area contributed by atoms with Crippen LogP contribution in [0.15, 0.2) is 24.3 Å². The Kier molecular flexibility index (Phi) is 3.04. The predicted molar refractivity (Wildman–Crippen MR) is 65.9 cm³/mol. The maximum Gasteiger partial charge on any atom is 0.123 e. The molecule has 1 saturated carbocycles. The number of benzene rings is 1. The number of hydrogen-bond donors (Lipinski definition) is 1. The number of para-hydroxylation sites is 1. The summed E-state index contributed by atoms with van der Waals surface area (Å²) in [5.41, 5.74) is 1.23. The zero-order valence-corrected chi connectivity index (χ0v) is 10.0. The van der Waals surface area contributed by atoms with Gasteiger partial charge in [-0.3, -0.25) is 4.90 Å². The van der Waals surface area contributed by atoms with Gasteiger partial charge in [-0.15, -0.1) is 0 Å². The molecule has 1 aliphatic carbocycles. The van der Waals surface area contributed by atoms with Crippen LogP contribution < -0.4 is 4.74 Å². The molecule has 17 heavy (non-hydrogen) atoms. The van der Waals surface area contributed by atoms with Gasteiger partial charge in [-0.25, -0.2) is 0 Å². The van der Waals surface area contributed by atoms with Gasteiger partial charge in [0.1, 0.15) is 12.4 Å². The van der Waals surface area contributed by atoms with E-state index >= 15 is 0 Å². The van der Waals surface area contributed by atoms with Crippen LogP contribution in [0.2, 0.25) is 0 Å². The third kappa shape index (κ3) is 2.61. The lowest BCUT2D eigenvalue weighted by Crippen LogP contribution is -2.34. The summed E-state index contributed by atoms with van der Waals surface area (Å²) in [5, 5.41) is 10.00. The average Bonchev–Trinajstić information content (AvgIpc) is 3.15. The van der Waals surface area contributed by atoms with Crippen LogP contribution in [-0.4, -0.2) is 35.8 Å². The summed E-state index contributed by atoms with van der Waals surface area (Å²) in [6.45, 7) is 3.29. The van der Waals surface area contributed by atoms with E-state index in [2.05, 4.69) is 11.0 Å². The van der Waals surface area contributed by atoms with Crippen molar-refractivity contribution in [2.45, 2.75) is 25.5 Å².